The number of nitrogens with zero attached hydrogens (tertiary/aromatic N) is 4. The third-order valence-corrected chi connectivity index (χ3v) is 4.90. The van der Waals surface area contributed by atoms with Gasteiger partial charge in [0.25, 0.3) is 0 Å². The summed E-state index contributed by atoms with van der Waals surface area (Å²) < 4.78 is 2.04. The molecule has 5 heteroatoms. The van der Waals surface area contributed by atoms with Gasteiger partial charge in [-0.2, -0.15) is 10.4 Å². The molecule has 2 heterocycles. The lowest BCUT2D eigenvalue weighted by Crippen LogP contribution is -2.09. The van der Waals surface area contributed by atoms with Gasteiger partial charge in [0.1, 0.15) is 6.07 Å². The van der Waals surface area contributed by atoms with Crippen molar-refractivity contribution in [2.45, 2.75) is 26.8 Å². The first-order valence-corrected chi connectivity index (χ1v) is 9.12. The number of nitriles is 1. The molecule has 2 aromatic heterocycles. The second kappa shape index (κ2) is 7.08. The molecule has 134 valence electrons. The number of nitrogens with one attached hydrogen (secondary N) is 1. The summed E-state index contributed by atoms with van der Waals surface area (Å²) >= 11 is 0. The van der Waals surface area contributed by atoms with Gasteiger partial charge < -0.3 is 5.32 Å². The highest BCUT2D eigenvalue weighted by atomic mass is 15.3. The van der Waals surface area contributed by atoms with E-state index < -0.39 is 0 Å². The summed E-state index contributed by atoms with van der Waals surface area (Å²) in [6.45, 7) is 5.73. The van der Waals surface area contributed by atoms with Crippen LogP contribution in [-0.4, -0.2) is 21.3 Å². The molecule has 4 aromatic rings. The van der Waals surface area contributed by atoms with Crippen LogP contribution >= 0.6 is 0 Å². The molecule has 0 saturated carbocycles. The molecule has 4 rings (SSSR count). The van der Waals surface area contributed by atoms with Crippen molar-refractivity contribution >= 4 is 27.5 Å². The third-order valence-electron chi connectivity index (χ3n) is 4.90. The van der Waals surface area contributed by atoms with Gasteiger partial charge in [0, 0.05) is 30.1 Å². The fraction of sp³-hybridized carbons (Fsp3) is 0.227. The molecule has 2 aromatic carbocycles. The molecule has 0 amide bonds. The average Bonchev–Trinajstić information content (AvgIpc) is 3.09. The summed E-state index contributed by atoms with van der Waals surface area (Å²) in [7, 11) is 0. The second-order valence-electron chi connectivity index (χ2n) is 6.84. The fourth-order valence-electron chi connectivity index (χ4n) is 3.45. The lowest BCUT2D eigenvalue weighted by Gasteiger charge is -2.12. The van der Waals surface area contributed by atoms with Crippen molar-refractivity contribution in [3.8, 4) is 6.07 Å². The predicted octanol–water partition coefficient (Wildman–Crippen LogP) is 4.58. The predicted molar refractivity (Wildman–Crippen MR) is 109 cm³/mol. The average molecular weight is 355 g/mol. The number of anilines is 1. The summed E-state index contributed by atoms with van der Waals surface area (Å²) in [5.74, 6) is 0. The van der Waals surface area contributed by atoms with E-state index >= 15 is 0 Å². The summed E-state index contributed by atoms with van der Waals surface area (Å²) in [5, 5.41) is 19.6. The molecule has 0 aliphatic carbocycles. The number of benzene rings is 2. The van der Waals surface area contributed by atoms with E-state index in [0.29, 0.717) is 5.56 Å². The van der Waals surface area contributed by atoms with Crippen molar-refractivity contribution in [3.05, 3.63) is 65.5 Å². The molecule has 0 aliphatic rings. The Balaban J connectivity index is 1.50. The Morgan fingerprint density at radius 2 is 2.00 bits per heavy atom. The van der Waals surface area contributed by atoms with Crippen LogP contribution in [0.3, 0.4) is 0 Å². The van der Waals surface area contributed by atoms with Crippen LogP contribution in [0.1, 0.15) is 23.1 Å². The molecule has 27 heavy (non-hydrogen) atoms. The highest BCUT2D eigenvalue weighted by molar-refractivity contribution is 5.94. The van der Waals surface area contributed by atoms with Crippen LogP contribution in [0.4, 0.5) is 5.69 Å². The lowest BCUT2D eigenvalue weighted by atomic mass is 10.1. The summed E-state index contributed by atoms with van der Waals surface area (Å²) in [6, 6.07) is 14.6. The van der Waals surface area contributed by atoms with Gasteiger partial charge >= 0.3 is 0 Å². The summed E-state index contributed by atoms with van der Waals surface area (Å²) in [4.78, 5) is 4.41. The molecule has 0 fully saturated rings. The van der Waals surface area contributed by atoms with Crippen molar-refractivity contribution < 1.29 is 0 Å². The highest BCUT2D eigenvalue weighted by Crippen LogP contribution is 2.26. The largest absolute Gasteiger partial charge is 0.383 e. The van der Waals surface area contributed by atoms with E-state index in [4.69, 9.17) is 0 Å². The molecular weight excluding hydrogens is 334 g/mol. The Labute approximate surface area is 158 Å². The van der Waals surface area contributed by atoms with Gasteiger partial charge in [0.05, 0.1) is 28.5 Å². The molecule has 5 nitrogen and oxygen atoms in total. The van der Waals surface area contributed by atoms with Gasteiger partial charge in [-0.25, -0.2) is 0 Å². The maximum atomic E-state index is 9.44. The van der Waals surface area contributed by atoms with E-state index in [0.717, 1.165) is 47.2 Å². The summed E-state index contributed by atoms with van der Waals surface area (Å²) in [5.41, 5.74) is 5.92. The summed E-state index contributed by atoms with van der Waals surface area (Å²) in [6.07, 6.45) is 4.49. The van der Waals surface area contributed by atoms with E-state index in [1.54, 1.807) is 6.20 Å². The normalized spacial score (nSPS) is 11.0. The van der Waals surface area contributed by atoms with E-state index in [1.807, 2.05) is 29.9 Å². The Bertz CT molecular complexity index is 1170. The zero-order valence-corrected chi connectivity index (χ0v) is 15.5. The molecule has 0 radical (unpaired) electrons. The maximum Gasteiger partial charge on any atom is 0.103 e. The van der Waals surface area contributed by atoms with Crippen molar-refractivity contribution in [1.82, 2.24) is 14.8 Å². The third kappa shape index (κ3) is 3.22. The topological polar surface area (TPSA) is 66.5 Å². The first-order chi connectivity index (χ1) is 13.2. The molecule has 1 N–H and O–H groups in total. The smallest absolute Gasteiger partial charge is 0.103 e. The number of fused-ring (bicyclic) bond motifs is 2. The molecule has 0 unspecified atom stereocenters. The van der Waals surface area contributed by atoms with Gasteiger partial charge in [-0.1, -0.05) is 24.3 Å². The van der Waals surface area contributed by atoms with Crippen LogP contribution in [0.15, 0.2) is 48.8 Å². The molecule has 0 spiro atoms. The Morgan fingerprint density at radius 1 is 1.11 bits per heavy atom. The van der Waals surface area contributed by atoms with Gasteiger partial charge in [0.15, 0.2) is 0 Å². The number of aryl methyl sites for hydroxylation is 3. The van der Waals surface area contributed by atoms with Crippen LogP contribution < -0.4 is 5.32 Å². The Kier molecular flexibility index (Phi) is 4.47. The van der Waals surface area contributed by atoms with Crippen LogP contribution in [0.25, 0.3) is 21.8 Å². The quantitative estimate of drug-likeness (QED) is 0.532. The van der Waals surface area contributed by atoms with Crippen LogP contribution in [0, 0.1) is 25.2 Å². The standard InChI is InChI=1S/C22H21N5/c1-15-7-8-18-20(11-15)25-13-17(12-23)22(18)24-9-4-10-27-21-6-3-5-16(2)19(21)14-26-27/h3,5-8,11,13-14H,4,9-10H2,1-2H3,(H,24,25). The SMILES string of the molecule is Cc1ccc2c(NCCCn3ncc4c(C)cccc43)c(C#N)cnc2c1. The molecular formula is C22H21N5. The monoisotopic (exact) mass is 355 g/mol. The Hall–Kier alpha value is -3.39. The van der Waals surface area contributed by atoms with Crippen molar-refractivity contribution in [2.75, 3.05) is 11.9 Å². The van der Waals surface area contributed by atoms with Crippen molar-refractivity contribution in [2.24, 2.45) is 0 Å². The maximum absolute atomic E-state index is 9.44. The van der Waals surface area contributed by atoms with E-state index in [1.165, 1.54) is 10.9 Å². The number of rotatable bonds is 5. The van der Waals surface area contributed by atoms with Gasteiger partial charge in [-0.15, -0.1) is 0 Å². The number of pyridine rings is 1. The van der Waals surface area contributed by atoms with Gasteiger partial charge in [-0.05, 0) is 43.5 Å². The van der Waals surface area contributed by atoms with Crippen LogP contribution in [-0.2, 0) is 6.54 Å². The van der Waals surface area contributed by atoms with E-state index in [9.17, 15) is 5.26 Å². The highest BCUT2D eigenvalue weighted by Gasteiger charge is 2.09. The first kappa shape index (κ1) is 17.0. The fourth-order valence-corrected chi connectivity index (χ4v) is 3.45. The molecule has 0 bridgehead atoms. The number of hydrogen-bond donors (Lipinski definition) is 1. The lowest BCUT2D eigenvalue weighted by molar-refractivity contribution is 0.610. The van der Waals surface area contributed by atoms with Crippen LogP contribution in [0.5, 0.6) is 0 Å². The van der Waals surface area contributed by atoms with Gasteiger partial charge in [-0.3, -0.25) is 9.67 Å². The minimum atomic E-state index is 0.575. The number of aromatic nitrogens is 3. The van der Waals surface area contributed by atoms with Gasteiger partial charge in [0.2, 0.25) is 0 Å². The first-order valence-electron chi connectivity index (χ1n) is 9.12. The van der Waals surface area contributed by atoms with Crippen molar-refractivity contribution in [3.63, 3.8) is 0 Å². The minimum Gasteiger partial charge on any atom is -0.383 e. The van der Waals surface area contributed by atoms with E-state index in [-0.39, 0.29) is 0 Å². The van der Waals surface area contributed by atoms with Crippen molar-refractivity contribution in [1.29, 1.82) is 5.26 Å². The van der Waals surface area contributed by atoms with E-state index in [2.05, 4.69) is 52.7 Å². The number of hydrogen-bond acceptors (Lipinski definition) is 4. The minimum absolute atomic E-state index is 0.575. The molecule has 0 atom stereocenters. The zero-order valence-electron chi connectivity index (χ0n) is 15.5. The molecule has 0 aliphatic heterocycles. The molecule has 0 saturated heterocycles. The Morgan fingerprint density at radius 3 is 2.85 bits per heavy atom. The van der Waals surface area contributed by atoms with Crippen LogP contribution in [0.2, 0.25) is 0 Å². The zero-order chi connectivity index (χ0) is 18.8. The second-order valence-corrected chi connectivity index (χ2v) is 6.84.